The molecule has 2 heterocycles. The molecule has 1 aromatic carbocycles. The Labute approximate surface area is 161 Å². The van der Waals surface area contributed by atoms with Gasteiger partial charge in [0.2, 0.25) is 6.79 Å². The van der Waals surface area contributed by atoms with E-state index >= 15 is 0 Å². The summed E-state index contributed by atoms with van der Waals surface area (Å²) in [6.45, 7) is 3.69. The zero-order valence-corrected chi connectivity index (χ0v) is 15.9. The Morgan fingerprint density at radius 1 is 1.27 bits per heavy atom. The van der Waals surface area contributed by atoms with E-state index in [-0.39, 0.29) is 24.5 Å². The van der Waals surface area contributed by atoms with Crippen molar-refractivity contribution >= 4 is 46.3 Å². The van der Waals surface area contributed by atoms with Crippen molar-refractivity contribution in [2.24, 2.45) is 0 Å². The average molecular weight is 393 g/mol. The van der Waals surface area contributed by atoms with Crippen LogP contribution >= 0.6 is 24.0 Å². The van der Waals surface area contributed by atoms with Crippen LogP contribution < -0.4 is 20.1 Å². The van der Waals surface area contributed by atoms with Crippen molar-refractivity contribution in [2.45, 2.75) is 13.3 Å². The lowest BCUT2D eigenvalue weighted by Crippen LogP contribution is -2.41. The fourth-order valence-electron chi connectivity index (χ4n) is 2.43. The van der Waals surface area contributed by atoms with E-state index < -0.39 is 0 Å². The number of ether oxygens (including phenoxy) is 2. The van der Waals surface area contributed by atoms with Gasteiger partial charge in [-0.05, 0) is 54.2 Å². The molecule has 2 aliphatic heterocycles. The Morgan fingerprint density at radius 3 is 2.85 bits per heavy atom. The highest BCUT2D eigenvalue weighted by Gasteiger charge is 2.34. The van der Waals surface area contributed by atoms with Crippen molar-refractivity contribution in [1.82, 2.24) is 15.5 Å². The molecule has 1 aromatic rings. The number of rotatable bonds is 6. The van der Waals surface area contributed by atoms with Gasteiger partial charge >= 0.3 is 0 Å². The highest BCUT2D eigenvalue weighted by molar-refractivity contribution is 8.18. The summed E-state index contributed by atoms with van der Waals surface area (Å²) in [5.74, 6) is 1.01. The molecule has 0 spiro atoms. The monoisotopic (exact) mass is 393 g/mol. The molecule has 26 heavy (non-hydrogen) atoms. The van der Waals surface area contributed by atoms with Gasteiger partial charge in [0, 0.05) is 19.6 Å². The molecule has 138 valence electrons. The van der Waals surface area contributed by atoms with Crippen LogP contribution in [0.1, 0.15) is 18.9 Å². The molecule has 0 atom stereocenters. The summed E-state index contributed by atoms with van der Waals surface area (Å²) in [5.41, 5.74) is 0.780. The number of carbonyl (C=O) groups is 2. The lowest BCUT2D eigenvalue weighted by Gasteiger charge is -2.14. The van der Waals surface area contributed by atoms with Crippen molar-refractivity contribution < 1.29 is 19.1 Å². The quantitative estimate of drug-likeness (QED) is 0.563. The third-order valence-corrected chi connectivity index (χ3v) is 4.92. The molecule has 0 aromatic heterocycles. The summed E-state index contributed by atoms with van der Waals surface area (Å²) in [7, 11) is 0. The molecule has 0 unspecified atom stereocenters. The number of fused-ring (bicyclic) bond motifs is 1. The standard InChI is InChI=1S/C17H19N3O4S2/c1-2-5-18-16(25)19-6-7-20-15(21)14(26-17(20)22)9-11-3-4-12-13(8-11)24-10-23-12/h3-4,8-9H,2,5-7,10H2,1H3,(H2,18,19,25)/b14-9-. The maximum atomic E-state index is 12.5. The van der Waals surface area contributed by atoms with Crippen molar-refractivity contribution in [2.75, 3.05) is 26.4 Å². The van der Waals surface area contributed by atoms with Crippen molar-refractivity contribution in [3.63, 3.8) is 0 Å². The smallest absolute Gasteiger partial charge is 0.293 e. The number of thiocarbonyl (C=S) groups is 1. The van der Waals surface area contributed by atoms with Gasteiger partial charge in [0.25, 0.3) is 11.1 Å². The van der Waals surface area contributed by atoms with Crippen LogP contribution in [0.25, 0.3) is 6.08 Å². The van der Waals surface area contributed by atoms with E-state index in [0.29, 0.717) is 28.1 Å². The largest absolute Gasteiger partial charge is 0.454 e. The Kier molecular flexibility index (Phi) is 6.00. The molecular weight excluding hydrogens is 374 g/mol. The zero-order chi connectivity index (χ0) is 18.5. The van der Waals surface area contributed by atoms with Crippen LogP contribution in [0.3, 0.4) is 0 Å². The molecular formula is C17H19N3O4S2. The maximum Gasteiger partial charge on any atom is 0.293 e. The Hall–Kier alpha value is -2.26. The number of hydrogen-bond donors (Lipinski definition) is 2. The van der Waals surface area contributed by atoms with E-state index in [9.17, 15) is 9.59 Å². The molecule has 2 N–H and O–H groups in total. The molecule has 0 bridgehead atoms. The Bertz CT molecular complexity index is 766. The molecule has 7 nitrogen and oxygen atoms in total. The second kappa shape index (κ2) is 8.41. The molecule has 2 amide bonds. The van der Waals surface area contributed by atoms with E-state index in [1.165, 1.54) is 4.90 Å². The first-order chi connectivity index (χ1) is 12.6. The number of amides is 2. The molecule has 0 saturated carbocycles. The Morgan fingerprint density at radius 2 is 2.04 bits per heavy atom. The Balaban J connectivity index is 1.59. The molecule has 0 aliphatic carbocycles. The predicted molar refractivity (Wildman–Crippen MR) is 104 cm³/mol. The number of benzene rings is 1. The third-order valence-electron chi connectivity index (χ3n) is 3.72. The zero-order valence-electron chi connectivity index (χ0n) is 14.2. The molecule has 1 saturated heterocycles. The van der Waals surface area contributed by atoms with Gasteiger partial charge in [-0.25, -0.2) is 0 Å². The van der Waals surface area contributed by atoms with Crippen molar-refractivity contribution in [3.8, 4) is 11.5 Å². The summed E-state index contributed by atoms with van der Waals surface area (Å²) in [4.78, 5) is 26.2. The van der Waals surface area contributed by atoms with Gasteiger partial charge in [0.1, 0.15) is 0 Å². The minimum Gasteiger partial charge on any atom is -0.454 e. The summed E-state index contributed by atoms with van der Waals surface area (Å²) < 4.78 is 10.6. The topological polar surface area (TPSA) is 79.9 Å². The second-order valence-electron chi connectivity index (χ2n) is 5.63. The van der Waals surface area contributed by atoms with Gasteiger partial charge in [0.15, 0.2) is 16.6 Å². The van der Waals surface area contributed by atoms with Crippen LogP contribution in [-0.4, -0.2) is 47.6 Å². The first-order valence-electron chi connectivity index (χ1n) is 8.25. The van der Waals surface area contributed by atoms with E-state index in [1.807, 2.05) is 13.0 Å². The summed E-state index contributed by atoms with van der Waals surface area (Å²) in [5, 5.41) is 6.27. The molecule has 2 aliphatic rings. The normalized spacial score (nSPS) is 17.1. The number of carbonyl (C=O) groups excluding carboxylic acids is 2. The average Bonchev–Trinajstić information content (AvgIpc) is 3.19. The van der Waals surface area contributed by atoms with E-state index in [1.54, 1.807) is 18.2 Å². The lowest BCUT2D eigenvalue weighted by molar-refractivity contribution is -0.122. The minimum absolute atomic E-state index is 0.192. The summed E-state index contributed by atoms with van der Waals surface area (Å²) in [6.07, 6.45) is 2.66. The predicted octanol–water partition coefficient (Wildman–Crippen LogP) is 2.33. The van der Waals surface area contributed by atoms with Crippen LogP contribution in [-0.2, 0) is 4.79 Å². The van der Waals surface area contributed by atoms with E-state index in [4.69, 9.17) is 21.7 Å². The van der Waals surface area contributed by atoms with Gasteiger partial charge in [0.05, 0.1) is 4.91 Å². The van der Waals surface area contributed by atoms with E-state index in [2.05, 4.69) is 10.6 Å². The minimum atomic E-state index is -0.299. The number of nitrogens with one attached hydrogen (secondary N) is 2. The van der Waals surface area contributed by atoms with Gasteiger partial charge < -0.3 is 20.1 Å². The molecule has 9 heteroatoms. The number of hydrogen-bond acceptors (Lipinski definition) is 6. The fraction of sp³-hybridized carbons (Fsp3) is 0.353. The highest BCUT2D eigenvalue weighted by atomic mass is 32.2. The van der Waals surface area contributed by atoms with Gasteiger partial charge in [-0.3, -0.25) is 14.5 Å². The van der Waals surface area contributed by atoms with Gasteiger partial charge in [-0.1, -0.05) is 13.0 Å². The number of imide groups is 1. The van der Waals surface area contributed by atoms with Crippen molar-refractivity contribution in [3.05, 3.63) is 28.7 Å². The van der Waals surface area contributed by atoms with Gasteiger partial charge in [-0.15, -0.1) is 0 Å². The third kappa shape index (κ3) is 4.28. The SMILES string of the molecule is CCCNC(=S)NCCN1C(=O)S/C(=C\c2ccc3c(c2)OCO3)C1=O. The first-order valence-corrected chi connectivity index (χ1v) is 9.47. The van der Waals surface area contributed by atoms with Gasteiger partial charge in [-0.2, -0.15) is 0 Å². The second-order valence-corrected chi connectivity index (χ2v) is 7.03. The van der Waals surface area contributed by atoms with Crippen LogP contribution in [0, 0.1) is 0 Å². The molecule has 3 rings (SSSR count). The summed E-state index contributed by atoms with van der Waals surface area (Å²) >= 11 is 6.05. The van der Waals surface area contributed by atoms with Crippen LogP contribution in [0.4, 0.5) is 4.79 Å². The van der Waals surface area contributed by atoms with Crippen LogP contribution in [0.2, 0.25) is 0 Å². The first kappa shape index (κ1) is 18.5. The van der Waals surface area contributed by atoms with Crippen LogP contribution in [0.5, 0.6) is 11.5 Å². The summed E-state index contributed by atoms with van der Waals surface area (Å²) in [6, 6.07) is 5.39. The lowest BCUT2D eigenvalue weighted by atomic mass is 10.2. The number of thioether (sulfide) groups is 1. The highest BCUT2D eigenvalue weighted by Crippen LogP contribution is 2.36. The molecule has 1 fully saturated rings. The maximum absolute atomic E-state index is 12.5. The van der Waals surface area contributed by atoms with Crippen molar-refractivity contribution in [1.29, 1.82) is 0 Å². The van der Waals surface area contributed by atoms with E-state index in [0.717, 1.165) is 30.3 Å². The van der Waals surface area contributed by atoms with Crippen LogP contribution in [0.15, 0.2) is 23.1 Å². The number of nitrogens with zero attached hydrogens (tertiary/aromatic N) is 1. The molecule has 0 radical (unpaired) electrons. The fourth-order valence-corrected chi connectivity index (χ4v) is 3.50.